The second kappa shape index (κ2) is 6.39. The Bertz CT molecular complexity index is 1110. The van der Waals surface area contributed by atoms with Gasteiger partial charge in [0.2, 0.25) is 6.79 Å². The van der Waals surface area contributed by atoms with Crippen LogP contribution < -0.4 is 14.8 Å². The van der Waals surface area contributed by atoms with E-state index in [1.54, 1.807) is 18.2 Å². The number of nitrogens with zero attached hydrogens (tertiary/aromatic N) is 1. The molecule has 3 aromatic rings. The minimum absolute atomic E-state index is 0.0948. The smallest absolute Gasteiger partial charge is 0.256 e. The Balaban J connectivity index is 1.78. The van der Waals surface area contributed by atoms with Crippen molar-refractivity contribution >= 4 is 28.3 Å². The SMILES string of the molecule is CC(=O)c1cc2c(cc1NC(=O)c1cc(C)nc3ccc(C)cc13)OCO2. The van der Waals surface area contributed by atoms with Crippen molar-refractivity contribution < 1.29 is 19.1 Å². The van der Waals surface area contributed by atoms with E-state index in [9.17, 15) is 9.59 Å². The van der Waals surface area contributed by atoms with Gasteiger partial charge in [0, 0.05) is 22.7 Å². The minimum atomic E-state index is -0.308. The summed E-state index contributed by atoms with van der Waals surface area (Å²) in [4.78, 5) is 29.6. The fraction of sp³-hybridized carbons (Fsp3) is 0.190. The Labute approximate surface area is 156 Å². The van der Waals surface area contributed by atoms with E-state index >= 15 is 0 Å². The van der Waals surface area contributed by atoms with Crippen molar-refractivity contribution in [1.29, 1.82) is 0 Å². The van der Waals surface area contributed by atoms with Gasteiger partial charge < -0.3 is 14.8 Å². The number of pyridine rings is 1. The van der Waals surface area contributed by atoms with Gasteiger partial charge in [0.05, 0.1) is 16.8 Å². The molecule has 0 spiro atoms. The molecular formula is C21H18N2O4. The van der Waals surface area contributed by atoms with Crippen LogP contribution >= 0.6 is 0 Å². The van der Waals surface area contributed by atoms with Gasteiger partial charge in [-0.05, 0) is 45.0 Å². The standard InChI is InChI=1S/C21H18N2O4/c1-11-4-5-17-15(6-11)16(7-12(2)22-17)21(25)23-18-9-20-19(26-10-27-20)8-14(18)13(3)24/h4-9H,10H2,1-3H3,(H,23,25). The van der Waals surface area contributed by atoms with Crippen LogP contribution in [-0.4, -0.2) is 23.5 Å². The van der Waals surface area contributed by atoms with Crippen molar-refractivity contribution in [2.45, 2.75) is 20.8 Å². The molecule has 0 unspecified atom stereocenters. The van der Waals surface area contributed by atoms with Crippen molar-refractivity contribution in [3.8, 4) is 11.5 Å². The van der Waals surface area contributed by atoms with Crippen LogP contribution in [0, 0.1) is 13.8 Å². The van der Waals surface area contributed by atoms with Crippen LogP contribution in [0.2, 0.25) is 0 Å². The summed E-state index contributed by atoms with van der Waals surface area (Å²) in [5.41, 5.74) is 3.81. The highest BCUT2D eigenvalue weighted by Crippen LogP contribution is 2.37. The molecule has 0 aliphatic carbocycles. The van der Waals surface area contributed by atoms with E-state index in [-0.39, 0.29) is 18.5 Å². The molecule has 2 aromatic carbocycles. The molecule has 1 aliphatic rings. The third kappa shape index (κ3) is 3.10. The van der Waals surface area contributed by atoms with Gasteiger partial charge in [-0.3, -0.25) is 14.6 Å². The van der Waals surface area contributed by atoms with Crippen LogP contribution in [0.4, 0.5) is 5.69 Å². The molecule has 6 nitrogen and oxygen atoms in total. The van der Waals surface area contributed by atoms with Gasteiger partial charge in [-0.25, -0.2) is 0 Å². The molecule has 6 heteroatoms. The fourth-order valence-electron chi connectivity index (χ4n) is 3.19. The number of hydrogen-bond acceptors (Lipinski definition) is 5. The zero-order valence-corrected chi connectivity index (χ0v) is 15.3. The number of aryl methyl sites for hydroxylation is 2. The number of Topliss-reactive ketones (excluding diaryl/α,β-unsaturated/α-hetero) is 1. The number of carbonyl (C=O) groups is 2. The molecule has 0 bridgehead atoms. The highest BCUT2D eigenvalue weighted by atomic mass is 16.7. The van der Waals surface area contributed by atoms with Gasteiger partial charge in [-0.15, -0.1) is 0 Å². The summed E-state index contributed by atoms with van der Waals surface area (Å²) in [5.74, 6) is 0.522. The number of anilines is 1. The monoisotopic (exact) mass is 362 g/mol. The number of rotatable bonds is 3. The zero-order chi connectivity index (χ0) is 19.1. The molecule has 27 heavy (non-hydrogen) atoms. The fourth-order valence-corrected chi connectivity index (χ4v) is 3.19. The summed E-state index contributed by atoms with van der Waals surface area (Å²) in [6.07, 6.45) is 0. The van der Waals surface area contributed by atoms with Crippen LogP contribution in [-0.2, 0) is 0 Å². The summed E-state index contributed by atoms with van der Waals surface area (Å²) >= 11 is 0. The molecule has 0 atom stereocenters. The van der Waals surface area contributed by atoms with E-state index in [0.717, 1.165) is 22.2 Å². The molecule has 0 radical (unpaired) electrons. The lowest BCUT2D eigenvalue weighted by Gasteiger charge is -2.13. The second-order valence-corrected chi connectivity index (χ2v) is 6.59. The summed E-state index contributed by atoms with van der Waals surface area (Å²) in [5, 5.41) is 3.62. The topological polar surface area (TPSA) is 77.5 Å². The Hall–Kier alpha value is -3.41. The van der Waals surface area contributed by atoms with E-state index in [1.165, 1.54) is 6.92 Å². The largest absolute Gasteiger partial charge is 0.454 e. The van der Waals surface area contributed by atoms with E-state index < -0.39 is 0 Å². The Morgan fingerprint density at radius 1 is 1.00 bits per heavy atom. The molecule has 1 N–H and O–H groups in total. The third-order valence-corrected chi connectivity index (χ3v) is 4.48. The number of fused-ring (bicyclic) bond motifs is 2. The summed E-state index contributed by atoms with van der Waals surface area (Å²) < 4.78 is 10.7. The molecule has 2 heterocycles. The third-order valence-electron chi connectivity index (χ3n) is 4.48. The van der Waals surface area contributed by atoms with Crippen LogP contribution in [0.1, 0.15) is 38.9 Å². The average Bonchev–Trinajstić information content (AvgIpc) is 3.08. The van der Waals surface area contributed by atoms with Crippen LogP contribution in [0.15, 0.2) is 36.4 Å². The molecule has 136 valence electrons. The number of nitrogens with one attached hydrogen (secondary N) is 1. The van der Waals surface area contributed by atoms with Crippen LogP contribution in [0.25, 0.3) is 10.9 Å². The summed E-state index contributed by atoms with van der Waals surface area (Å²) in [6, 6.07) is 10.8. The van der Waals surface area contributed by atoms with Crippen molar-refractivity contribution in [2.24, 2.45) is 0 Å². The van der Waals surface area contributed by atoms with E-state index in [1.807, 2.05) is 32.0 Å². The lowest BCUT2D eigenvalue weighted by atomic mass is 10.0. The van der Waals surface area contributed by atoms with Crippen LogP contribution in [0.5, 0.6) is 11.5 Å². The normalized spacial score (nSPS) is 12.3. The van der Waals surface area contributed by atoms with Crippen molar-refractivity contribution in [3.05, 3.63) is 58.8 Å². The van der Waals surface area contributed by atoms with Gasteiger partial charge in [-0.2, -0.15) is 0 Å². The van der Waals surface area contributed by atoms with Gasteiger partial charge >= 0.3 is 0 Å². The van der Waals surface area contributed by atoms with Gasteiger partial charge in [0.1, 0.15) is 0 Å². The Kier molecular flexibility index (Phi) is 4.03. The van der Waals surface area contributed by atoms with Gasteiger partial charge in [0.15, 0.2) is 17.3 Å². The quantitative estimate of drug-likeness (QED) is 0.712. The number of carbonyl (C=O) groups excluding carboxylic acids is 2. The first-order chi connectivity index (χ1) is 12.9. The number of aromatic nitrogens is 1. The highest BCUT2D eigenvalue weighted by molar-refractivity contribution is 6.14. The summed E-state index contributed by atoms with van der Waals surface area (Å²) in [6.45, 7) is 5.35. The average molecular weight is 362 g/mol. The number of ketones is 1. The zero-order valence-electron chi connectivity index (χ0n) is 15.3. The molecule has 1 aromatic heterocycles. The molecule has 0 saturated heterocycles. The first-order valence-corrected chi connectivity index (χ1v) is 8.56. The molecule has 4 rings (SSSR count). The van der Waals surface area contributed by atoms with Crippen LogP contribution in [0.3, 0.4) is 0 Å². The maximum atomic E-state index is 13.0. The molecule has 1 aliphatic heterocycles. The first kappa shape index (κ1) is 17.0. The second-order valence-electron chi connectivity index (χ2n) is 6.59. The number of amides is 1. The molecule has 0 fully saturated rings. The van der Waals surface area contributed by atoms with E-state index in [2.05, 4.69) is 10.3 Å². The predicted octanol–water partition coefficient (Wildman–Crippen LogP) is 4.04. The molecule has 1 amide bonds. The number of benzene rings is 2. The lowest BCUT2D eigenvalue weighted by molar-refractivity contribution is 0.101. The minimum Gasteiger partial charge on any atom is -0.454 e. The van der Waals surface area contributed by atoms with Gasteiger partial charge in [-0.1, -0.05) is 11.6 Å². The summed E-state index contributed by atoms with van der Waals surface area (Å²) in [7, 11) is 0. The Morgan fingerprint density at radius 2 is 1.74 bits per heavy atom. The van der Waals surface area contributed by atoms with E-state index in [0.29, 0.717) is 28.3 Å². The maximum absolute atomic E-state index is 13.0. The number of hydrogen-bond donors (Lipinski definition) is 1. The first-order valence-electron chi connectivity index (χ1n) is 8.56. The lowest BCUT2D eigenvalue weighted by Crippen LogP contribution is -2.15. The number of ether oxygens (including phenoxy) is 2. The predicted molar refractivity (Wildman–Crippen MR) is 102 cm³/mol. The molecule has 0 saturated carbocycles. The van der Waals surface area contributed by atoms with Gasteiger partial charge in [0.25, 0.3) is 5.91 Å². The maximum Gasteiger partial charge on any atom is 0.256 e. The molecular weight excluding hydrogens is 344 g/mol. The Morgan fingerprint density at radius 3 is 2.48 bits per heavy atom. The van der Waals surface area contributed by atoms with E-state index in [4.69, 9.17) is 9.47 Å². The van der Waals surface area contributed by atoms with Crippen molar-refractivity contribution in [3.63, 3.8) is 0 Å². The highest BCUT2D eigenvalue weighted by Gasteiger charge is 2.21. The van der Waals surface area contributed by atoms with Crippen molar-refractivity contribution in [1.82, 2.24) is 4.98 Å². The van der Waals surface area contributed by atoms with Crippen molar-refractivity contribution in [2.75, 3.05) is 12.1 Å².